The number of hydrogen-bond acceptors (Lipinski definition) is 4. The summed E-state index contributed by atoms with van der Waals surface area (Å²) in [5.74, 6) is 0.642. The molecule has 0 bridgehead atoms. The fourth-order valence-electron chi connectivity index (χ4n) is 4.30. The zero-order chi connectivity index (χ0) is 12.1. The summed E-state index contributed by atoms with van der Waals surface area (Å²) in [7, 11) is 0. The van der Waals surface area contributed by atoms with Gasteiger partial charge in [0.2, 0.25) is 0 Å². The molecular weight excluding hydrogens is 228 g/mol. The lowest BCUT2D eigenvalue weighted by Gasteiger charge is -2.50. The van der Waals surface area contributed by atoms with E-state index in [0.29, 0.717) is 12.0 Å². The van der Waals surface area contributed by atoms with Crippen LogP contribution in [0.5, 0.6) is 0 Å². The minimum absolute atomic E-state index is 0.118. The first-order chi connectivity index (χ1) is 8.82. The maximum absolute atomic E-state index is 6.21. The van der Waals surface area contributed by atoms with Crippen molar-refractivity contribution in [2.24, 2.45) is 5.92 Å². The van der Waals surface area contributed by atoms with Gasteiger partial charge in [0.15, 0.2) is 0 Å². The van der Waals surface area contributed by atoms with Gasteiger partial charge in [-0.1, -0.05) is 0 Å². The summed E-state index contributed by atoms with van der Waals surface area (Å²) in [6.45, 7) is 5.00. The van der Waals surface area contributed by atoms with E-state index in [0.717, 1.165) is 39.3 Å². The maximum Gasteiger partial charge on any atom is 0.0965 e. The van der Waals surface area contributed by atoms with Gasteiger partial charge in [0.25, 0.3) is 0 Å². The smallest absolute Gasteiger partial charge is 0.0965 e. The summed E-state index contributed by atoms with van der Waals surface area (Å²) in [5, 5.41) is 7.03. The van der Waals surface area contributed by atoms with Crippen LogP contribution in [0, 0.1) is 12.3 Å². The molecule has 1 radical (unpaired) electrons. The number of hydrogen-bond donors (Lipinski definition) is 2. The van der Waals surface area contributed by atoms with Gasteiger partial charge in [-0.2, -0.15) is 0 Å². The average molecular weight is 251 g/mol. The van der Waals surface area contributed by atoms with E-state index in [9.17, 15) is 0 Å². The van der Waals surface area contributed by atoms with E-state index in [1.54, 1.807) is 0 Å². The van der Waals surface area contributed by atoms with E-state index in [1.807, 2.05) is 0 Å². The third-order valence-electron chi connectivity index (χ3n) is 5.39. The van der Waals surface area contributed by atoms with E-state index in [1.165, 1.54) is 19.3 Å². The van der Waals surface area contributed by atoms with E-state index < -0.39 is 0 Å². The molecule has 0 aromatic rings. The van der Waals surface area contributed by atoms with Crippen LogP contribution in [-0.4, -0.2) is 50.1 Å². The molecule has 2 N–H and O–H groups in total. The molecule has 18 heavy (non-hydrogen) atoms. The fourth-order valence-corrected chi connectivity index (χ4v) is 4.30. The molecule has 4 aliphatic rings. The summed E-state index contributed by atoms with van der Waals surface area (Å²) < 4.78 is 12.2. The first-order valence-electron chi connectivity index (χ1n) is 7.36. The molecular formula is C14H23N2O2. The highest BCUT2D eigenvalue weighted by Gasteiger charge is 2.56. The van der Waals surface area contributed by atoms with Gasteiger partial charge < -0.3 is 20.1 Å². The van der Waals surface area contributed by atoms with Crippen LogP contribution in [0.4, 0.5) is 0 Å². The molecule has 0 amide bonds. The summed E-state index contributed by atoms with van der Waals surface area (Å²) in [6.07, 6.45) is 6.98. The molecule has 4 saturated heterocycles. The molecule has 0 saturated carbocycles. The highest BCUT2D eigenvalue weighted by Crippen LogP contribution is 2.45. The van der Waals surface area contributed by atoms with Crippen molar-refractivity contribution in [3.05, 3.63) is 6.42 Å². The van der Waals surface area contributed by atoms with Crippen molar-refractivity contribution in [3.63, 3.8) is 0 Å². The normalized spacial score (nSPS) is 46.7. The van der Waals surface area contributed by atoms with E-state index >= 15 is 0 Å². The molecule has 0 aliphatic carbocycles. The van der Waals surface area contributed by atoms with Crippen LogP contribution in [0.1, 0.15) is 25.7 Å². The Hall–Kier alpha value is -0.160. The molecule has 4 heterocycles. The molecule has 4 fully saturated rings. The fraction of sp³-hybridized carbons (Fsp3) is 0.929. The van der Waals surface area contributed by atoms with Crippen LogP contribution >= 0.6 is 0 Å². The van der Waals surface area contributed by atoms with Crippen molar-refractivity contribution in [2.45, 2.75) is 42.9 Å². The molecule has 4 nitrogen and oxygen atoms in total. The van der Waals surface area contributed by atoms with Crippen LogP contribution in [0.3, 0.4) is 0 Å². The first kappa shape index (κ1) is 11.6. The second-order valence-corrected chi connectivity index (χ2v) is 6.44. The van der Waals surface area contributed by atoms with Crippen molar-refractivity contribution in [3.8, 4) is 0 Å². The number of ether oxygens (including phenoxy) is 2. The zero-order valence-corrected chi connectivity index (χ0v) is 10.9. The van der Waals surface area contributed by atoms with Crippen LogP contribution in [0.15, 0.2) is 0 Å². The topological polar surface area (TPSA) is 42.5 Å². The highest BCUT2D eigenvalue weighted by molar-refractivity contribution is 5.14. The number of rotatable bonds is 1. The van der Waals surface area contributed by atoms with Crippen LogP contribution in [-0.2, 0) is 9.47 Å². The average Bonchev–Trinajstić information content (AvgIpc) is 2.99. The summed E-state index contributed by atoms with van der Waals surface area (Å²) in [4.78, 5) is 0. The van der Waals surface area contributed by atoms with Gasteiger partial charge in [0.1, 0.15) is 0 Å². The Kier molecular flexibility index (Phi) is 2.70. The van der Waals surface area contributed by atoms with Gasteiger partial charge in [-0.25, -0.2) is 0 Å². The molecule has 3 unspecified atom stereocenters. The van der Waals surface area contributed by atoms with Crippen molar-refractivity contribution in [2.75, 3.05) is 32.8 Å². The maximum atomic E-state index is 6.21. The molecule has 4 aliphatic heterocycles. The van der Waals surface area contributed by atoms with Crippen molar-refractivity contribution >= 4 is 0 Å². The zero-order valence-electron chi connectivity index (χ0n) is 10.9. The largest absolute Gasteiger partial charge is 0.375 e. The molecule has 101 valence electrons. The van der Waals surface area contributed by atoms with Crippen molar-refractivity contribution < 1.29 is 9.47 Å². The van der Waals surface area contributed by atoms with Gasteiger partial charge in [0.05, 0.1) is 24.4 Å². The van der Waals surface area contributed by atoms with E-state index in [2.05, 4.69) is 17.1 Å². The first-order valence-corrected chi connectivity index (χ1v) is 7.36. The third kappa shape index (κ3) is 1.66. The predicted molar refractivity (Wildman–Crippen MR) is 68.3 cm³/mol. The quantitative estimate of drug-likeness (QED) is 0.711. The van der Waals surface area contributed by atoms with E-state index in [4.69, 9.17) is 9.47 Å². The van der Waals surface area contributed by atoms with E-state index in [-0.39, 0.29) is 11.2 Å². The molecule has 0 aromatic heterocycles. The Bertz CT molecular complexity index is 322. The molecule has 4 heteroatoms. The Labute approximate surface area is 109 Å². The van der Waals surface area contributed by atoms with Gasteiger partial charge in [0, 0.05) is 18.5 Å². The van der Waals surface area contributed by atoms with Gasteiger partial charge >= 0.3 is 0 Å². The second-order valence-electron chi connectivity index (χ2n) is 6.44. The van der Waals surface area contributed by atoms with Gasteiger partial charge in [-0.15, -0.1) is 0 Å². The summed E-state index contributed by atoms with van der Waals surface area (Å²) >= 11 is 0. The lowest BCUT2D eigenvalue weighted by atomic mass is 9.73. The van der Waals surface area contributed by atoms with Gasteiger partial charge in [-0.05, 0) is 45.2 Å². The molecule has 0 aromatic carbocycles. The minimum Gasteiger partial charge on any atom is -0.375 e. The Balaban J connectivity index is 1.44. The van der Waals surface area contributed by atoms with Crippen molar-refractivity contribution in [1.82, 2.24) is 10.6 Å². The predicted octanol–water partition coefficient (Wildman–Crippen LogP) is 0.480. The minimum atomic E-state index is 0.118. The Morgan fingerprint density at radius 1 is 1.17 bits per heavy atom. The second kappa shape index (κ2) is 4.17. The Morgan fingerprint density at radius 2 is 2.06 bits per heavy atom. The monoisotopic (exact) mass is 251 g/mol. The Morgan fingerprint density at radius 3 is 2.72 bits per heavy atom. The van der Waals surface area contributed by atoms with Crippen LogP contribution in [0.25, 0.3) is 0 Å². The third-order valence-corrected chi connectivity index (χ3v) is 5.39. The van der Waals surface area contributed by atoms with Crippen LogP contribution < -0.4 is 10.6 Å². The molecule has 3 atom stereocenters. The SMILES string of the molecule is [CH]1COC2(C1)CNC2C1COC2(CCNCC2)C1. The summed E-state index contributed by atoms with van der Waals surface area (Å²) in [6, 6.07) is 0.519. The summed E-state index contributed by atoms with van der Waals surface area (Å²) in [5.41, 5.74) is 0.295. The lowest BCUT2D eigenvalue weighted by Crippen LogP contribution is -2.70. The highest BCUT2D eigenvalue weighted by atomic mass is 16.5. The number of nitrogens with one attached hydrogen (secondary N) is 2. The number of piperidine rings is 1. The van der Waals surface area contributed by atoms with Crippen molar-refractivity contribution in [1.29, 1.82) is 0 Å². The lowest BCUT2D eigenvalue weighted by molar-refractivity contribution is -0.0956. The van der Waals surface area contributed by atoms with Gasteiger partial charge in [-0.3, -0.25) is 0 Å². The molecule has 2 spiro atoms. The standard InChI is InChI=1S/C14H23N2O2/c1-2-14(17-7-1)10-16-12(14)11-8-13(18-9-11)3-5-15-6-4-13/h1,11-12,15-16H,2-10H2. The van der Waals surface area contributed by atoms with Crippen LogP contribution in [0.2, 0.25) is 0 Å². The molecule has 4 rings (SSSR count).